The van der Waals surface area contributed by atoms with Crippen molar-refractivity contribution in [3.8, 4) is 0 Å². The molecule has 0 fully saturated rings. The van der Waals surface area contributed by atoms with Crippen LogP contribution in [0.15, 0.2) is 24.3 Å². The number of carboxylic acid groups (broad SMARTS) is 1. The number of rotatable bonds is 7. The highest BCUT2D eigenvalue weighted by atomic mass is 32.2. The molecule has 0 aliphatic rings. The Kier molecular flexibility index (Phi) is 5.71. The quantitative estimate of drug-likeness (QED) is 0.737. The first-order valence-electron chi connectivity index (χ1n) is 6.87. The van der Waals surface area contributed by atoms with Crippen molar-refractivity contribution in [1.82, 2.24) is 14.9 Å². The molecule has 0 spiro atoms. The first-order valence-corrected chi connectivity index (χ1v) is 8.03. The van der Waals surface area contributed by atoms with E-state index in [1.807, 2.05) is 0 Å². The topological polar surface area (TPSA) is 84.2 Å². The molecule has 0 aliphatic heterocycles. The number of benzene rings is 1. The minimum absolute atomic E-state index is 0.0970. The Labute approximate surface area is 139 Å². The van der Waals surface area contributed by atoms with Gasteiger partial charge in [-0.2, -0.15) is 13.2 Å². The highest BCUT2D eigenvalue weighted by molar-refractivity contribution is 7.99. The molecule has 24 heavy (non-hydrogen) atoms. The van der Waals surface area contributed by atoms with E-state index in [2.05, 4.69) is 10.3 Å². The summed E-state index contributed by atoms with van der Waals surface area (Å²) >= 11 is 1.11. The predicted molar refractivity (Wildman–Crippen MR) is 82.7 cm³/mol. The van der Waals surface area contributed by atoms with E-state index in [-0.39, 0.29) is 23.3 Å². The van der Waals surface area contributed by atoms with Crippen molar-refractivity contribution in [2.75, 3.05) is 18.1 Å². The summed E-state index contributed by atoms with van der Waals surface area (Å²) in [5.74, 6) is -2.43. The molecule has 10 heteroatoms. The van der Waals surface area contributed by atoms with Gasteiger partial charge in [-0.05, 0) is 12.1 Å². The van der Waals surface area contributed by atoms with Crippen molar-refractivity contribution in [3.05, 3.63) is 30.1 Å². The third-order valence-electron chi connectivity index (χ3n) is 3.00. The number of amides is 1. The number of carbonyl (C=O) groups excluding carboxylic acids is 1. The van der Waals surface area contributed by atoms with Crippen molar-refractivity contribution in [1.29, 1.82) is 0 Å². The number of carbonyl (C=O) groups is 2. The van der Waals surface area contributed by atoms with Gasteiger partial charge in [0.15, 0.2) is 0 Å². The van der Waals surface area contributed by atoms with Gasteiger partial charge in [-0.1, -0.05) is 12.1 Å². The average Bonchev–Trinajstić information content (AvgIpc) is 2.86. The normalized spacial score (nSPS) is 11.6. The zero-order valence-corrected chi connectivity index (χ0v) is 13.2. The van der Waals surface area contributed by atoms with Gasteiger partial charge in [-0.15, -0.1) is 11.8 Å². The minimum atomic E-state index is -4.67. The van der Waals surface area contributed by atoms with E-state index in [0.29, 0.717) is 5.75 Å². The molecule has 2 N–H and O–H groups in total. The summed E-state index contributed by atoms with van der Waals surface area (Å²) in [5.41, 5.74) is 0.384. The van der Waals surface area contributed by atoms with Crippen LogP contribution in [0.2, 0.25) is 0 Å². The standard InChI is InChI=1S/C14H14F3N3O3S/c15-14(16,17)13-19-9-3-1-2-4-10(9)20(13)7-11(21)18-5-6-24-8-12(22)23/h1-4H,5-8H2,(H,18,21)(H,22,23). The number of carboxylic acids is 1. The van der Waals surface area contributed by atoms with Crippen molar-refractivity contribution in [2.24, 2.45) is 0 Å². The molecule has 1 aromatic heterocycles. The zero-order valence-electron chi connectivity index (χ0n) is 12.3. The zero-order chi connectivity index (χ0) is 17.7. The first kappa shape index (κ1) is 18.1. The van der Waals surface area contributed by atoms with Crippen LogP contribution < -0.4 is 5.32 Å². The van der Waals surface area contributed by atoms with E-state index in [4.69, 9.17) is 5.11 Å². The van der Waals surface area contributed by atoms with Crippen molar-refractivity contribution < 1.29 is 27.9 Å². The number of thioether (sulfide) groups is 1. The number of hydrogen-bond donors (Lipinski definition) is 2. The molecule has 0 bridgehead atoms. The molecule has 0 saturated heterocycles. The Hall–Kier alpha value is -2.23. The van der Waals surface area contributed by atoms with Gasteiger partial charge in [0, 0.05) is 12.3 Å². The van der Waals surface area contributed by atoms with Crippen LogP contribution in [0.5, 0.6) is 0 Å². The second-order valence-electron chi connectivity index (χ2n) is 4.80. The average molecular weight is 361 g/mol. The lowest BCUT2D eigenvalue weighted by molar-refractivity contribution is -0.147. The number of halogens is 3. The molecule has 0 unspecified atom stereocenters. The molecule has 130 valence electrons. The Morgan fingerprint density at radius 1 is 1.29 bits per heavy atom. The molecule has 2 aromatic rings. The van der Waals surface area contributed by atoms with Gasteiger partial charge < -0.3 is 15.0 Å². The predicted octanol–water partition coefficient (Wildman–Crippen LogP) is 1.99. The molecule has 0 atom stereocenters. The van der Waals surface area contributed by atoms with Crippen LogP contribution in [0.25, 0.3) is 11.0 Å². The second-order valence-corrected chi connectivity index (χ2v) is 5.91. The van der Waals surface area contributed by atoms with Gasteiger partial charge in [0.2, 0.25) is 11.7 Å². The van der Waals surface area contributed by atoms with Crippen LogP contribution >= 0.6 is 11.8 Å². The van der Waals surface area contributed by atoms with Gasteiger partial charge >= 0.3 is 12.1 Å². The highest BCUT2D eigenvalue weighted by Crippen LogP contribution is 2.31. The van der Waals surface area contributed by atoms with Gasteiger partial charge in [0.25, 0.3) is 0 Å². The summed E-state index contributed by atoms with van der Waals surface area (Å²) < 4.78 is 40.1. The van der Waals surface area contributed by atoms with Gasteiger partial charge in [0.1, 0.15) is 6.54 Å². The molecule has 1 amide bonds. The summed E-state index contributed by atoms with van der Waals surface area (Å²) in [5, 5.41) is 10.9. The maximum absolute atomic E-state index is 13.1. The summed E-state index contributed by atoms with van der Waals surface area (Å²) in [4.78, 5) is 25.8. The van der Waals surface area contributed by atoms with E-state index >= 15 is 0 Å². The number of hydrogen-bond acceptors (Lipinski definition) is 4. The van der Waals surface area contributed by atoms with Crippen LogP contribution in [-0.2, 0) is 22.3 Å². The Morgan fingerprint density at radius 3 is 2.67 bits per heavy atom. The Bertz CT molecular complexity index is 746. The van der Waals surface area contributed by atoms with Crippen molar-refractivity contribution in [2.45, 2.75) is 12.7 Å². The molecular formula is C14H14F3N3O3S. The maximum Gasteiger partial charge on any atom is 0.449 e. The number of fused-ring (bicyclic) bond motifs is 1. The minimum Gasteiger partial charge on any atom is -0.481 e. The lowest BCUT2D eigenvalue weighted by atomic mass is 10.3. The van der Waals surface area contributed by atoms with Crippen LogP contribution in [0.4, 0.5) is 13.2 Å². The molecule has 1 aromatic carbocycles. The molecule has 6 nitrogen and oxygen atoms in total. The number of nitrogens with one attached hydrogen (secondary N) is 1. The first-order chi connectivity index (χ1) is 11.3. The maximum atomic E-state index is 13.1. The number of aromatic nitrogens is 2. The number of para-hydroxylation sites is 2. The van der Waals surface area contributed by atoms with Crippen LogP contribution in [-0.4, -0.2) is 44.6 Å². The third kappa shape index (κ3) is 4.63. The van der Waals surface area contributed by atoms with Gasteiger partial charge in [0.05, 0.1) is 16.8 Å². The largest absolute Gasteiger partial charge is 0.481 e. The molecule has 0 saturated carbocycles. The summed E-state index contributed by atoms with van der Waals surface area (Å²) in [6.07, 6.45) is -4.67. The lowest BCUT2D eigenvalue weighted by Crippen LogP contribution is -2.31. The van der Waals surface area contributed by atoms with Crippen LogP contribution in [0, 0.1) is 0 Å². The number of alkyl halides is 3. The highest BCUT2D eigenvalue weighted by Gasteiger charge is 2.37. The fraction of sp³-hybridized carbons (Fsp3) is 0.357. The SMILES string of the molecule is O=C(O)CSCCNC(=O)Cn1c(C(F)(F)F)nc2ccccc21. The van der Waals surface area contributed by atoms with Crippen molar-refractivity contribution >= 4 is 34.7 Å². The second kappa shape index (κ2) is 7.56. The number of nitrogens with zero attached hydrogens (tertiary/aromatic N) is 2. The van der Waals surface area contributed by atoms with Crippen LogP contribution in [0.3, 0.4) is 0 Å². The fourth-order valence-electron chi connectivity index (χ4n) is 2.07. The summed E-state index contributed by atoms with van der Waals surface area (Å²) in [6.45, 7) is -0.344. The molecular weight excluding hydrogens is 347 g/mol. The molecule has 1 heterocycles. The van der Waals surface area contributed by atoms with Crippen molar-refractivity contribution in [3.63, 3.8) is 0 Å². The van der Waals surface area contributed by atoms with E-state index in [0.717, 1.165) is 16.3 Å². The Morgan fingerprint density at radius 2 is 2.00 bits per heavy atom. The Balaban J connectivity index is 2.05. The van der Waals surface area contributed by atoms with E-state index < -0.39 is 30.4 Å². The van der Waals surface area contributed by atoms with Gasteiger partial charge in [-0.25, -0.2) is 4.98 Å². The van der Waals surface area contributed by atoms with E-state index in [9.17, 15) is 22.8 Å². The van der Waals surface area contributed by atoms with Gasteiger partial charge in [-0.3, -0.25) is 9.59 Å². The monoisotopic (exact) mass is 361 g/mol. The summed E-state index contributed by atoms with van der Waals surface area (Å²) in [7, 11) is 0. The smallest absolute Gasteiger partial charge is 0.449 e. The summed E-state index contributed by atoms with van der Waals surface area (Å²) in [6, 6.07) is 6.05. The van der Waals surface area contributed by atoms with E-state index in [1.165, 1.54) is 12.1 Å². The number of imidazole rings is 1. The fourth-order valence-corrected chi connectivity index (χ4v) is 2.64. The molecule has 0 radical (unpaired) electrons. The lowest BCUT2D eigenvalue weighted by Gasteiger charge is -2.11. The van der Waals surface area contributed by atoms with Crippen LogP contribution in [0.1, 0.15) is 5.82 Å². The van der Waals surface area contributed by atoms with E-state index in [1.54, 1.807) is 12.1 Å². The number of aliphatic carboxylic acids is 1. The third-order valence-corrected chi connectivity index (χ3v) is 3.95. The molecule has 0 aliphatic carbocycles. The molecule has 2 rings (SSSR count).